The SMILES string of the molecule is CCC[C@H](C[C@@H](NS(=O)(=O)c1ccc(C)cc1)c1ccccc1)C(=O)OCC. The van der Waals surface area contributed by atoms with Gasteiger partial charge < -0.3 is 4.74 Å². The van der Waals surface area contributed by atoms with Crippen LogP contribution in [-0.2, 0) is 19.6 Å². The average molecular weight is 404 g/mol. The fourth-order valence-electron chi connectivity index (χ4n) is 3.14. The van der Waals surface area contributed by atoms with E-state index >= 15 is 0 Å². The van der Waals surface area contributed by atoms with Gasteiger partial charge in [0.25, 0.3) is 0 Å². The van der Waals surface area contributed by atoms with Crippen LogP contribution in [0, 0.1) is 12.8 Å². The minimum atomic E-state index is -3.73. The van der Waals surface area contributed by atoms with Gasteiger partial charge in [-0.3, -0.25) is 4.79 Å². The molecule has 2 rings (SSSR count). The zero-order valence-electron chi connectivity index (χ0n) is 16.7. The lowest BCUT2D eigenvalue weighted by atomic mass is 9.92. The van der Waals surface area contributed by atoms with Gasteiger partial charge in [0.15, 0.2) is 0 Å². The van der Waals surface area contributed by atoms with Gasteiger partial charge in [-0.25, -0.2) is 13.1 Å². The Morgan fingerprint density at radius 1 is 1.04 bits per heavy atom. The molecule has 1 N–H and O–H groups in total. The molecule has 2 aromatic carbocycles. The maximum atomic E-state index is 12.9. The third-order valence-electron chi connectivity index (χ3n) is 4.61. The maximum absolute atomic E-state index is 12.9. The molecule has 0 heterocycles. The van der Waals surface area contributed by atoms with Crippen LogP contribution in [0.2, 0.25) is 0 Å². The van der Waals surface area contributed by atoms with Crippen LogP contribution < -0.4 is 4.72 Å². The van der Waals surface area contributed by atoms with E-state index in [-0.39, 0.29) is 16.8 Å². The Morgan fingerprint density at radius 2 is 1.68 bits per heavy atom. The molecule has 0 saturated heterocycles. The molecule has 0 aliphatic carbocycles. The predicted octanol–water partition coefficient (Wildman–Crippen LogP) is 4.38. The molecular formula is C22H29NO4S. The molecule has 152 valence electrons. The number of sulfonamides is 1. The van der Waals surface area contributed by atoms with Crippen molar-refractivity contribution in [1.29, 1.82) is 0 Å². The van der Waals surface area contributed by atoms with E-state index in [2.05, 4.69) is 4.72 Å². The van der Waals surface area contributed by atoms with Gasteiger partial charge in [0.2, 0.25) is 10.0 Å². The summed E-state index contributed by atoms with van der Waals surface area (Å²) in [6.45, 7) is 5.99. The molecule has 0 radical (unpaired) electrons. The van der Waals surface area contributed by atoms with Crippen LogP contribution in [0.5, 0.6) is 0 Å². The topological polar surface area (TPSA) is 72.5 Å². The van der Waals surface area contributed by atoms with Gasteiger partial charge in [-0.2, -0.15) is 0 Å². The van der Waals surface area contributed by atoms with Gasteiger partial charge >= 0.3 is 5.97 Å². The van der Waals surface area contributed by atoms with Crippen LogP contribution in [0.15, 0.2) is 59.5 Å². The molecule has 0 unspecified atom stereocenters. The fourth-order valence-corrected chi connectivity index (χ4v) is 4.37. The monoisotopic (exact) mass is 403 g/mol. The number of aryl methyl sites for hydroxylation is 1. The van der Waals surface area contributed by atoms with Gasteiger partial charge in [0, 0.05) is 6.04 Å². The van der Waals surface area contributed by atoms with Crippen molar-refractivity contribution in [3.63, 3.8) is 0 Å². The summed E-state index contributed by atoms with van der Waals surface area (Å²) < 4.78 is 33.9. The Hall–Kier alpha value is -2.18. The molecule has 2 atom stereocenters. The molecule has 5 nitrogen and oxygen atoms in total. The number of carbonyl (C=O) groups excluding carboxylic acids is 1. The summed E-state index contributed by atoms with van der Waals surface area (Å²) in [7, 11) is -3.73. The molecule has 0 aromatic heterocycles. The minimum Gasteiger partial charge on any atom is -0.466 e. The third kappa shape index (κ3) is 6.17. The Balaban J connectivity index is 2.31. The molecular weight excluding hydrogens is 374 g/mol. The van der Waals surface area contributed by atoms with E-state index in [1.165, 1.54) is 0 Å². The number of hydrogen-bond acceptors (Lipinski definition) is 4. The van der Waals surface area contributed by atoms with Crippen LogP contribution in [0.4, 0.5) is 0 Å². The lowest BCUT2D eigenvalue weighted by Gasteiger charge is -2.24. The first-order valence-electron chi connectivity index (χ1n) is 9.68. The first-order chi connectivity index (χ1) is 13.4. The third-order valence-corrected chi connectivity index (χ3v) is 6.10. The number of benzene rings is 2. The zero-order valence-corrected chi connectivity index (χ0v) is 17.5. The van der Waals surface area contributed by atoms with Crippen LogP contribution in [-0.4, -0.2) is 21.0 Å². The van der Waals surface area contributed by atoms with Gasteiger partial charge in [-0.05, 0) is 44.4 Å². The van der Waals surface area contributed by atoms with Crippen LogP contribution >= 0.6 is 0 Å². The highest BCUT2D eigenvalue weighted by Crippen LogP contribution is 2.27. The van der Waals surface area contributed by atoms with E-state index in [4.69, 9.17) is 4.74 Å². The summed E-state index contributed by atoms with van der Waals surface area (Å²) in [5.74, 6) is -0.643. The number of carbonyl (C=O) groups is 1. The number of rotatable bonds is 10. The Bertz CT molecular complexity index is 848. The summed E-state index contributed by atoms with van der Waals surface area (Å²) in [4.78, 5) is 12.6. The van der Waals surface area contributed by atoms with Crippen molar-refractivity contribution in [1.82, 2.24) is 4.72 Å². The number of nitrogens with one attached hydrogen (secondary N) is 1. The number of ether oxygens (including phenoxy) is 1. The molecule has 0 bridgehead atoms. The van der Waals surface area contributed by atoms with Crippen molar-refractivity contribution in [3.05, 3.63) is 65.7 Å². The Morgan fingerprint density at radius 3 is 2.25 bits per heavy atom. The first kappa shape index (κ1) is 22.1. The molecule has 0 spiro atoms. The molecule has 6 heteroatoms. The van der Waals surface area contributed by atoms with Gasteiger partial charge in [-0.1, -0.05) is 61.4 Å². The first-order valence-corrected chi connectivity index (χ1v) is 11.2. The average Bonchev–Trinajstić information content (AvgIpc) is 2.68. The largest absolute Gasteiger partial charge is 0.466 e. The normalized spacial score (nSPS) is 13.7. The standard InChI is InChI=1S/C22H29NO4S/c1-4-9-19(22(24)27-5-2)16-21(18-10-7-6-8-11-18)23-28(25,26)20-14-12-17(3)13-15-20/h6-8,10-15,19,21,23H,4-5,9,16H2,1-3H3/t19-,21-/m1/s1. The second kappa shape index (κ2) is 10.4. The van der Waals surface area contributed by atoms with E-state index in [0.29, 0.717) is 19.4 Å². The summed E-state index contributed by atoms with van der Waals surface area (Å²) in [5.41, 5.74) is 1.81. The molecule has 0 fully saturated rings. The summed E-state index contributed by atoms with van der Waals surface area (Å²) in [6, 6.07) is 15.5. The number of esters is 1. The smallest absolute Gasteiger partial charge is 0.308 e. The van der Waals surface area contributed by atoms with Crippen LogP contribution in [0.3, 0.4) is 0 Å². The molecule has 0 aliphatic heterocycles. The van der Waals surface area contributed by atoms with E-state index in [0.717, 1.165) is 17.5 Å². The van der Waals surface area contributed by atoms with E-state index < -0.39 is 16.1 Å². The molecule has 0 saturated carbocycles. The fraction of sp³-hybridized carbons (Fsp3) is 0.409. The highest BCUT2D eigenvalue weighted by Gasteiger charge is 2.28. The maximum Gasteiger partial charge on any atom is 0.308 e. The summed E-state index contributed by atoms with van der Waals surface area (Å²) in [6.07, 6.45) is 1.81. The Labute approximate surface area is 168 Å². The zero-order chi connectivity index (χ0) is 20.6. The molecule has 2 aromatic rings. The molecule has 0 aliphatic rings. The van der Waals surface area contributed by atoms with Crippen LogP contribution in [0.25, 0.3) is 0 Å². The lowest BCUT2D eigenvalue weighted by molar-refractivity contribution is -0.148. The van der Waals surface area contributed by atoms with Crippen molar-refractivity contribution >= 4 is 16.0 Å². The van der Waals surface area contributed by atoms with Gasteiger partial charge in [0.1, 0.15) is 0 Å². The van der Waals surface area contributed by atoms with E-state index in [1.807, 2.05) is 44.2 Å². The summed E-state index contributed by atoms with van der Waals surface area (Å²) in [5, 5.41) is 0. The van der Waals surface area contributed by atoms with Gasteiger partial charge in [-0.15, -0.1) is 0 Å². The highest BCUT2D eigenvalue weighted by atomic mass is 32.2. The Kier molecular flexibility index (Phi) is 8.20. The second-order valence-corrected chi connectivity index (χ2v) is 8.58. The van der Waals surface area contributed by atoms with Crippen LogP contribution in [0.1, 0.15) is 50.3 Å². The second-order valence-electron chi connectivity index (χ2n) is 6.87. The van der Waals surface area contributed by atoms with Crippen molar-refractivity contribution in [2.45, 2.75) is 51.0 Å². The van der Waals surface area contributed by atoms with Crippen molar-refractivity contribution < 1.29 is 17.9 Å². The lowest BCUT2D eigenvalue weighted by Crippen LogP contribution is -2.32. The summed E-state index contributed by atoms with van der Waals surface area (Å²) >= 11 is 0. The predicted molar refractivity (Wildman–Crippen MR) is 110 cm³/mol. The number of hydrogen-bond donors (Lipinski definition) is 1. The quantitative estimate of drug-likeness (QED) is 0.598. The molecule has 28 heavy (non-hydrogen) atoms. The minimum absolute atomic E-state index is 0.210. The van der Waals surface area contributed by atoms with E-state index in [9.17, 15) is 13.2 Å². The van der Waals surface area contributed by atoms with Crippen molar-refractivity contribution in [2.24, 2.45) is 5.92 Å². The van der Waals surface area contributed by atoms with E-state index in [1.54, 1.807) is 31.2 Å². The highest BCUT2D eigenvalue weighted by molar-refractivity contribution is 7.89. The van der Waals surface area contributed by atoms with Gasteiger partial charge in [0.05, 0.1) is 17.4 Å². The van der Waals surface area contributed by atoms with Crippen molar-refractivity contribution in [2.75, 3.05) is 6.61 Å². The molecule has 0 amide bonds. The van der Waals surface area contributed by atoms with Crippen molar-refractivity contribution in [3.8, 4) is 0 Å².